The van der Waals surface area contributed by atoms with Gasteiger partial charge in [-0.25, -0.2) is 11.0 Å². The van der Waals surface area contributed by atoms with E-state index in [4.69, 9.17) is 22.9 Å². The van der Waals surface area contributed by atoms with E-state index in [0.717, 1.165) is 11.1 Å². The summed E-state index contributed by atoms with van der Waals surface area (Å²) >= 11 is 5.95. The van der Waals surface area contributed by atoms with Crippen molar-refractivity contribution in [3.05, 3.63) is 64.7 Å². The highest BCUT2D eigenvalue weighted by molar-refractivity contribution is 6.32. The first-order valence-electron chi connectivity index (χ1n) is 5.22. The molecule has 0 aliphatic carbocycles. The Balaban J connectivity index is 2.38. The minimum absolute atomic E-state index is 0.0909. The van der Waals surface area contributed by atoms with Crippen molar-refractivity contribution in [3.8, 4) is 16.9 Å². The predicted octanol–water partition coefficient (Wildman–Crippen LogP) is 4.40. The predicted molar refractivity (Wildman–Crippen MR) is 68.9 cm³/mol. The summed E-state index contributed by atoms with van der Waals surface area (Å²) in [6, 6.07) is 11.4. The fourth-order valence-electron chi connectivity index (χ4n) is 1.56. The normalized spacial score (nSPS) is 9.83. The fourth-order valence-corrected chi connectivity index (χ4v) is 1.74. The molecule has 0 unspecified atom stereocenters. The summed E-state index contributed by atoms with van der Waals surface area (Å²) in [4.78, 5) is 3.10. The maximum absolute atomic E-state index is 13.1. The molecule has 0 saturated carbocycles. The van der Waals surface area contributed by atoms with Gasteiger partial charge in [0.2, 0.25) is 0 Å². The molecule has 0 N–H and O–H groups in total. The number of benzene rings is 2. The van der Waals surface area contributed by atoms with E-state index in [0.29, 0.717) is 10.8 Å². The molecule has 0 fully saturated rings. The Labute approximate surface area is 109 Å². The number of hydrogen-bond donors (Lipinski definition) is 0. The Morgan fingerprint density at radius 3 is 2.67 bits per heavy atom. The maximum Gasteiger partial charge on any atom is 0.357 e. The van der Waals surface area contributed by atoms with Gasteiger partial charge in [0, 0.05) is 0 Å². The van der Waals surface area contributed by atoms with Gasteiger partial charge in [0.1, 0.15) is 11.6 Å². The first kappa shape index (κ1) is 12.4. The number of nitrogens with zero attached hydrogens (tertiary/aromatic N) is 1. The van der Waals surface area contributed by atoms with Gasteiger partial charge in [-0.3, -0.25) is 4.85 Å². The van der Waals surface area contributed by atoms with E-state index in [1.54, 1.807) is 30.3 Å². The second-order valence-corrected chi connectivity index (χ2v) is 3.99. The van der Waals surface area contributed by atoms with Crippen molar-refractivity contribution in [2.75, 3.05) is 6.73 Å². The highest BCUT2D eigenvalue weighted by atomic mass is 35.5. The lowest BCUT2D eigenvalue weighted by Gasteiger charge is -2.06. The minimum atomic E-state index is -0.300. The Kier molecular flexibility index (Phi) is 3.81. The summed E-state index contributed by atoms with van der Waals surface area (Å²) < 4.78 is 18.3. The molecule has 0 amide bonds. The summed E-state index contributed by atoms with van der Waals surface area (Å²) in [5, 5.41) is 0.429. The molecule has 4 heteroatoms. The van der Waals surface area contributed by atoms with Crippen molar-refractivity contribution in [2.45, 2.75) is 0 Å². The lowest BCUT2D eigenvalue weighted by molar-refractivity contribution is 0.361. The highest BCUT2D eigenvalue weighted by Crippen LogP contribution is 2.30. The van der Waals surface area contributed by atoms with E-state index in [9.17, 15) is 4.39 Å². The molecular formula is C14H9ClFNO. The SMILES string of the molecule is [C-]#[N+]COc1cc(-c2cccc(F)c2)ccc1Cl. The molecule has 0 radical (unpaired) electrons. The van der Waals surface area contributed by atoms with E-state index in [1.807, 2.05) is 0 Å². The largest absolute Gasteiger partial charge is 0.424 e. The summed E-state index contributed by atoms with van der Waals surface area (Å²) in [6.07, 6.45) is 0. The van der Waals surface area contributed by atoms with Crippen LogP contribution in [0, 0.1) is 12.4 Å². The molecule has 0 spiro atoms. The molecule has 0 bridgehead atoms. The smallest absolute Gasteiger partial charge is 0.357 e. The van der Waals surface area contributed by atoms with Crippen LogP contribution in [0.3, 0.4) is 0 Å². The first-order valence-corrected chi connectivity index (χ1v) is 5.60. The van der Waals surface area contributed by atoms with Gasteiger partial charge in [0.15, 0.2) is 0 Å². The van der Waals surface area contributed by atoms with Gasteiger partial charge in [0.25, 0.3) is 0 Å². The van der Waals surface area contributed by atoms with Crippen LogP contribution in [0.4, 0.5) is 4.39 Å². The Bertz CT molecular complexity index is 607. The van der Waals surface area contributed by atoms with Crippen LogP contribution in [0.2, 0.25) is 5.02 Å². The monoisotopic (exact) mass is 261 g/mol. The molecule has 0 aliphatic rings. The summed E-state index contributed by atoms with van der Waals surface area (Å²) in [5.74, 6) is 0.125. The fraction of sp³-hybridized carbons (Fsp3) is 0.0714. The molecule has 2 aromatic rings. The lowest BCUT2D eigenvalue weighted by atomic mass is 10.1. The third-order valence-electron chi connectivity index (χ3n) is 2.37. The Morgan fingerprint density at radius 1 is 1.17 bits per heavy atom. The molecule has 0 atom stereocenters. The number of rotatable bonds is 3. The zero-order valence-electron chi connectivity index (χ0n) is 9.36. The molecule has 2 nitrogen and oxygen atoms in total. The van der Waals surface area contributed by atoms with Crippen molar-refractivity contribution in [3.63, 3.8) is 0 Å². The van der Waals surface area contributed by atoms with E-state index >= 15 is 0 Å². The molecule has 0 aliphatic heterocycles. The van der Waals surface area contributed by atoms with Gasteiger partial charge in [-0.05, 0) is 35.4 Å². The minimum Gasteiger partial charge on any atom is -0.424 e. The zero-order valence-corrected chi connectivity index (χ0v) is 10.1. The van der Waals surface area contributed by atoms with Gasteiger partial charge in [-0.15, -0.1) is 0 Å². The van der Waals surface area contributed by atoms with Crippen molar-refractivity contribution in [1.29, 1.82) is 0 Å². The van der Waals surface area contributed by atoms with Crippen LogP contribution in [0.25, 0.3) is 16.0 Å². The summed E-state index contributed by atoms with van der Waals surface area (Å²) in [7, 11) is 0. The Morgan fingerprint density at radius 2 is 1.94 bits per heavy atom. The lowest BCUT2D eigenvalue weighted by Crippen LogP contribution is -1.92. The standard InChI is InChI=1S/C14H9ClFNO/c1-17-9-18-14-8-11(5-6-13(14)15)10-3-2-4-12(16)7-10/h2-8H,9H2. The summed E-state index contributed by atoms with van der Waals surface area (Å²) in [5.41, 5.74) is 1.53. The number of hydrogen-bond acceptors (Lipinski definition) is 1. The average Bonchev–Trinajstić information content (AvgIpc) is 2.38. The van der Waals surface area contributed by atoms with Crippen LogP contribution in [0.1, 0.15) is 0 Å². The van der Waals surface area contributed by atoms with Crippen molar-refractivity contribution < 1.29 is 9.13 Å². The van der Waals surface area contributed by atoms with E-state index in [-0.39, 0.29) is 12.5 Å². The zero-order chi connectivity index (χ0) is 13.0. The molecule has 0 heterocycles. The first-order chi connectivity index (χ1) is 8.70. The van der Waals surface area contributed by atoms with Crippen LogP contribution in [0.5, 0.6) is 5.75 Å². The molecule has 2 rings (SSSR count). The van der Waals surface area contributed by atoms with Crippen LogP contribution in [0.15, 0.2) is 42.5 Å². The van der Waals surface area contributed by atoms with Gasteiger partial charge in [0.05, 0.1) is 5.02 Å². The van der Waals surface area contributed by atoms with Crippen LogP contribution in [-0.2, 0) is 0 Å². The average molecular weight is 262 g/mol. The van der Waals surface area contributed by atoms with E-state index in [1.165, 1.54) is 12.1 Å². The molecule has 2 aromatic carbocycles. The van der Waals surface area contributed by atoms with Crippen LogP contribution < -0.4 is 4.74 Å². The van der Waals surface area contributed by atoms with E-state index in [2.05, 4.69) is 4.85 Å². The second kappa shape index (κ2) is 5.52. The van der Waals surface area contributed by atoms with Gasteiger partial charge < -0.3 is 4.74 Å². The van der Waals surface area contributed by atoms with Crippen molar-refractivity contribution in [2.24, 2.45) is 0 Å². The Hall–Kier alpha value is -2.05. The molecule has 18 heavy (non-hydrogen) atoms. The van der Waals surface area contributed by atoms with Crippen molar-refractivity contribution >= 4 is 11.6 Å². The van der Waals surface area contributed by atoms with Gasteiger partial charge in [-0.1, -0.05) is 29.8 Å². The third kappa shape index (κ3) is 2.79. The number of ether oxygens (including phenoxy) is 1. The molecule has 90 valence electrons. The highest BCUT2D eigenvalue weighted by Gasteiger charge is 2.06. The van der Waals surface area contributed by atoms with Crippen LogP contribution in [-0.4, -0.2) is 6.73 Å². The van der Waals surface area contributed by atoms with Crippen LogP contribution >= 0.6 is 11.6 Å². The molecule has 0 saturated heterocycles. The molecular weight excluding hydrogens is 253 g/mol. The topological polar surface area (TPSA) is 13.6 Å². The third-order valence-corrected chi connectivity index (χ3v) is 2.69. The van der Waals surface area contributed by atoms with Gasteiger partial charge in [-0.2, -0.15) is 0 Å². The summed E-state index contributed by atoms with van der Waals surface area (Å²) in [6.45, 7) is 6.58. The second-order valence-electron chi connectivity index (χ2n) is 3.59. The quantitative estimate of drug-likeness (QED) is 0.747. The van der Waals surface area contributed by atoms with E-state index < -0.39 is 0 Å². The molecule has 0 aromatic heterocycles. The maximum atomic E-state index is 13.1. The number of halogens is 2. The van der Waals surface area contributed by atoms with Crippen molar-refractivity contribution in [1.82, 2.24) is 0 Å². The van der Waals surface area contributed by atoms with Gasteiger partial charge >= 0.3 is 6.73 Å².